The minimum atomic E-state index is -0.146. The van der Waals surface area contributed by atoms with Crippen molar-refractivity contribution in [1.29, 1.82) is 0 Å². The number of aromatic amines is 1. The van der Waals surface area contributed by atoms with Crippen LogP contribution in [0.3, 0.4) is 0 Å². The van der Waals surface area contributed by atoms with Crippen molar-refractivity contribution in [3.8, 4) is 0 Å². The fraction of sp³-hybridized carbons (Fsp3) is 0.286. The smallest absolute Gasteiger partial charge is 0.258 e. The van der Waals surface area contributed by atoms with E-state index in [0.29, 0.717) is 36.1 Å². The number of benzene rings is 2. The number of rotatable bonds is 7. The van der Waals surface area contributed by atoms with Crippen molar-refractivity contribution in [2.75, 3.05) is 6.54 Å². The van der Waals surface area contributed by atoms with Gasteiger partial charge in [-0.25, -0.2) is 4.98 Å². The number of amides is 1. The van der Waals surface area contributed by atoms with Gasteiger partial charge in [0.2, 0.25) is 5.91 Å². The van der Waals surface area contributed by atoms with Crippen molar-refractivity contribution in [3.05, 3.63) is 75.8 Å². The Labute approximate surface area is 152 Å². The molecular weight excluding hydrogens is 326 g/mol. The lowest BCUT2D eigenvalue weighted by Crippen LogP contribution is -2.27. The molecule has 0 aliphatic rings. The highest BCUT2D eigenvalue weighted by Gasteiger charge is 2.05. The zero-order chi connectivity index (χ0) is 18.4. The molecule has 26 heavy (non-hydrogen) atoms. The van der Waals surface area contributed by atoms with Crippen LogP contribution in [-0.2, 0) is 24.1 Å². The standard InChI is InChI=1S/C21H23N3O2/c1-2-15-7-9-16(10-8-15)11-12-20(25)22-14-13-19-23-18-6-4-3-5-17(18)21(26)24-19/h3-10H,2,11-14H2,1H3,(H,22,25)(H,23,24,26). The average molecular weight is 349 g/mol. The number of nitrogens with one attached hydrogen (secondary N) is 2. The average Bonchev–Trinajstić information content (AvgIpc) is 2.67. The molecule has 1 aromatic heterocycles. The quantitative estimate of drug-likeness (QED) is 0.689. The number of nitrogens with zero attached hydrogens (tertiary/aromatic N) is 1. The second-order valence-electron chi connectivity index (χ2n) is 6.30. The molecule has 3 aromatic rings. The molecule has 134 valence electrons. The first-order chi connectivity index (χ1) is 12.7. The number of aromatic nitrogens is 2. The fourth-order valence-corrected chi connectivity index (χ4v) is 2.86. The van der Waals surface area contributed by atoms with Gasteiger partial charge in [-0.3, -0.25) is 9.59 Å². The van der Waals surface area contributed by atoms with Crippen LogP contribution in [0.4, 0.5) is 0 Å². The van der Waals surface area contributed by atoms with Crippen LogP contribution in [0.25, 0.3) is 10.9 Å². The van der Waals surface area contributed by atoms with Gasteiger partial charge in [-0.1, -0.05) is 43.3 Å². The summed E-state index contributed by atoms with van der Waals surface area (Å²) in [4.78, 5) is 31.2. The molecule has 0 saturated heterocycles. The SMILES string of the molecule is CCc1ccc(CCC(=O)NCCc2nc3ccccc3c(=O)[nH]2)cc1. The Balaban J connectivity index is 1.48. The third-order valence-electron chi connectivity index (χ3n) is 4.42. The summed E-state index contributed by atoms with van der Waals surface area (Å²) in [6.07, 6.45) is 2.69. The van der Waals surface area contributed by atoms with Crippen LogP contribution in [0, 0.1) is 0 Å². The lowest BCUT2D eigenvalue weighted by atomic mass is 10.1. The summed E-state index contributed by atoms with van der Waals surface area (Å²) in [7, 11) is 0. The Kier molecular flexibility index (Phi) is 5.79. The molecule has 0 unspecified atom stereocenters. The molecule has 2 N–H and O–H groups in total. The first-order valence-electron chi connectivity index (χ1n) is 8.98. The lowest BCUT2D eigenvalue weighted by molar-refractivity contribution is -0.121. The van der Waals surface area contributed by atoms with Crippen molar-refractivity contribution in [2.45, 2.75) is 32.6 Å². The molecule has 0 aliphatic heterocycles. The van der Waals surface area contributed by atoms with Gasteiger partial charge < -0.3 is 10.3 Å². The van der Waals surface area contributed by atoms with Crippen LogP contribution in [0.5, 0.6) is 0 Å². The summed E-state index contributed by atoms with van der Waals surface area (Å²) in [5.74, 6) is 0.594. The third-order valence-corrected chi connectivity index (χ3v) is 4.42. The summed E-state index contributed by atoms with van der Waals surface area (Å²) < 4.78 is 0. The van der Waals surface area contributed by atoms with Gasteiger partial charge in [0.1, 0.15) is 5.82 Å². The number of aryl methyl sites for hydroxylation is 2. The molecule has 5 nitrogen and oxygen atoms in total. The molecule has 0 fully saturated rings. The maximum absolute atomic E-state index is 12.0. The van der Waals surface area contributed by atoms with Crippen molar-refractivity contribution in [1.82, 2.24) is 15.3 Å². The topological polar surface area (TPSA) is 74.8 Å². The van der Waals surface area contributed by atoms with Crippen molar-refractivity contribution >= 4 is 16.8 Å². The van der Waals surface area contributed by atoms with Crippen LogP contribution >= 0.6 is 0 Å². The van der Waals surface area contributed by atoms with E-state index in [1.807, 2.05) is 18.2 Å². The second-order valence-corrected chi connectivity index (χ2v) is 6.30. The first kappa shape index (κ1) is 17.9. The number of carbonyl (C=O) groups excluding carboxylic acids is 1. The van der Waals surface area contributed by atoms with Crippen LogP contribution in [0.2, 0.25) is 0 Å². The van der Waals surface area contributed by atoms with Gasteiger partial charge in [0.05, 0.1) is 10.9 Å². The van der Waals surface area contributed by atoms with Gasteiger partial charge in [-0.05, 0) is 36.1 Å². The predicted octanol–water partition coefficient (Wildman–Crippen LogP) is 2.78. The number of H-pyrrole nitrogens is 1. The highest BCUT2D eigenvalue weighted by atomic mass is 16.1. The van der Waals surface area contributed by atoms with Gasteiger partial charge in [0, 0.05) is 19.4 Å². The molecule has 0 aliphatic carbocycles. The van der Waals surface area contributed by atoms with Crippen LogP contribution in [0.15, 0.2) is 53.3 Å². The Morgan fingerprint density at radius 3 is 2.54 bits per heavy atom. The van der Waals surface area contributed by atoms with E-state index < -0.39 is 0 Å². The van der Waals surface area contributed by atoms with Gasteiger partial charge in [0.25, 0.3) is 5.56 Å². The molecule has 0 atom stereocenters. The van der Waals surface area contributed by atoms with Crippen LogP contribution in [0.1, 0.15) is 30.3 Å². The lowest BCUT2D eigenvalue weighted by Gasteiger charge is -2.06. The second kappa shape index (κ2) is 8.43. The molecule has 0 bridgehead atoms. The zero-order valence-electron chi connectivity index (χ0n) is 14.9. The molecule has 0 saturated carbocycles. The molecular formula is C21H23N3O2. The number of hydrogen-bond donors (Lipinski definition) is 2. The number of fused-ring (bicyclic) bond motifs is 1. The van der Waals surface area contributed by atoms with E-state index in [0.717, 1.165) is 18.4 Å². The van der Waals surface area contributed by atoms with E-state index in [1.54, 1.807) is 6.07 Å². The minimum absolute atomic E-state index is 0.00713. The van der Waals surface area contributed by atoms with E-state index in [4.69, 9.17) is 0 Å². The normalized spacial score (nSPS) is 10.8. The van der Waals surface area contributed by atoms with Crippen molar-refractivity contribution in [3.63, 3.8) is 0 Å². The largest absolute Gasteiger partial charge is 0.356 e. The molecule has 0 radical (unpaired) electrons. The molecule has 0 spiro atoms. The van der Waals surface area contributed by atoms with Gasteiger partial charge >= 0.3 is 0 Å². The van der Waals surface area contributed by atoms with E-state index in [9.17, 15) is 9.59 Å². The predicted molar refractivity (Wildman–Crippen MR) is 103 cm³/mol. The van der Waals surface area contributed by atoms with E-state index >= 15 is 0 Å². The molecule has 1 heterocycles. The van der Waals surface area contributed by atoms with Gasteiger partial charge in [-0.15, -0.1) is 0 Å². The maximum atomic E-state index is 12.0. The monoisotopic (exact) mass is 349 g/mol. The van der Waals surface area contributed by atoms with Crippen LogP contribution < -0.4 is 10.9 Å². The molecule has 1 amide bonds. The van der Waals surface area contributed by atoms with E-state index in [-0.39, 0.29) is 11.5 Å². The summed E-state index contributed by atoms with van der Waals surface area (Å²) >= 11 is 0. The highest BCUT2D eigenvalue weighted by Crippen LogP contribution is 2.08. The zero-order valence-corrected chi connectivity index (χ0v) is 14.9. The Bertz CT molecular complexity index is 945. The van der Waals surface area contributed by atoms with Gasteiger partial charge in [-0.2, -0.15) is 0 Å². The fourth-order valence-electron chi connectivity index (χ4n) is 2.86. The number of carbonyl (C=O) groups is 1. The van der Waals surface area contributed by atoms with Crippen molar-refractivity contribution < 1.29 is 4.79 Å². The minimum Gasteiger partial charge on any atom is -0.356 e. The number of hydrogen-bond acceptors (Lipinski definition) is 3. The summed E-state index contributed by atoms with van der Waals surface area (Å²) in [5.41, 5.74) is 2.99. The highest BCUT2D eigenvalue weighted by molar-refractivity contribution is 5.77. The van der Waals surface area contributed by atoms with Crippen LogP contribution in [-0.4, -0.2) is 22.4 Å². The molecule has 3 rings (SSSR count). The van der Waals surface area contributed by atoms with Gasteiger partial charge in [0.15, 0.2) is 0 Å². The van der Waals surface area contributed by atoms with Crippen molar-refractivity contribution in [2.24, 2.45) is 0 Å². The summed E-state index contributed by atoms with van der Waals surface area (Å²) in [6, 6.07) is 15.6. The Morgan fingerprint density at radius 2 is 1.77 bits per heavy atom. The third kappa shape index (κ3) is 4.57. The summed E-state index contributed by atoms with van der Waals surface area (Å²) in [6.45, 7) is 2.58. The molecule has 2 aromatic carbocycles. The van der Waals surface area contributed by atoms with E-state index in [1.165, 1.54) is 5.56 Å². The Hall–Kier alpha value is -2.95. The number of para-hydroxylation sites is 1. The van der Waals surface area contributed by atoms with E-state index in [2.05, 4.69) is 46.5 Å². The molecule has 5 heteroatoms. The summed E-state index contributed by atoms with van der Waals surface area (Å²) in [5, 5.41) is 3.47. The maximum Gasteiger partial charge on any atom is 0.258 e. The Morgan fingerprint density at radius 1 is 1.04 bits per heavy atom. The first-order valence-corrected chi connectivity index (χ1v) is 8.98.